The third-order valence-electron chi connectivity index (χ3n) is 8.27. The van der Waals surface area contributed by atoms with Crippen LogP contribution in [0.1, 0.15) is 57.6 Å². The molecule has 1 aromatic carbocycles. The summed E-state index contributed by atoms with van der Waals surface area (Å²) in [5.41, 5.74) is 4.06. The van der Waals surface area contributed by atoms with E-state index in [-0.39, 0.29) is 42.2 Å². The summed E-state index contributed by atoms with van der Waals surface area (Å²) < 4.78 is 44.0. The number of carbonyl (C=O) groups excluding carboxylic acids is 2. The number of ether oxygens (including phenoxy) is 1. The Morgan fingerprint density at radius 1 is 1.09 bits per heavy atom. The third kappa shape index (κ3) is 3.91. The van der Waals surface area contributed by atoms with Gasteiger partial charge in [-0.2, -0.15) is 13.2 Å². The minimum atomic E-state index is -4.39. The van der Waals surface area contributed by atoms with Crippen LogP contribution in [0.4, 0.5) is 13.2 Å². The van der Waals surface area contributed by atoms with Crippen LogP contribution < -0.4 is 11.1 Å². The minimum absolute atomic E-state index is 0.00679. The van der Waals surface area contributed by atoms with Crippen molar-refractivity contribution < 1.29 is 27.5 Å². The van der Waals surface area contributed by atoms with Crippen molar-refractivity contribution in [1.29, 1.82) is 0 Å². The summed E-state index contributed by atoms with van der Waals surface area (Å²) >= 11 is 0. The molecule has 2 unspecified atom stereocenters. The van der Waals surface area contributed by atoms with E-state index in [0.717, 1.165) is 25.0 Å². The van der Waals surface area contributed by atoms with Gasteiger partial charge in [-0.1, -0.05) is 19.1 Å². The first-order valence-electron chi connectivity index (χ1n) is 11.2. The minimum Gasteiger partial charge on any atom is -0.369 e. The van der Waals surface area contributed by atoms with E-state index in [2.05, 4.69) is 12.2 Å². The highest BCUT2D eigenvalue weighted by atomic mass is 19.4. The van der Waals surface area contributed by atoms with E-state index in [4.69, 9.17) is 10.5 Å². The lowest BCUT2D eigenvalue weighted by atomic mass is 9.44. The number of hydrogen-bond donors (Lipinski definition) is 2. The van der Waals surface area contributed by atoms with Crippen molar-refractivity contribution in [1.82, 2.24) is 5.32 Å². The molecule has 0 radical (unpaired) electrons. The van der Waals surface area contributed by atoms with Gasteiger partial charge in [-0.25, -0.2) is 0 Å². The maximum absolute atomic E-state index is 13.1. The number of primary amides is 1. The molecular formula is C24H31F3N2O3. The summed E-state index contributed by atoms with van der Waals surface area (Å²) in [5, 5.41) is 3.17. The van der Waals surface area contributed by atoms with Crippen LogP contribution in [0.15, 0.2) is 24.3 Å². The second-order valence-electron chi connectivity index (χ2n) is 10.5. The largest absolute Gasteiger partial charge is 0.416 e. The van der Waals surface area contributed by atoms with Crippen LogP contribution in [-0.4, -0.2) is 23.5 Å². The molecule has 4 bridgehead atoms. The maximum atomic E-state index is 13.1. The van der Waals surface area contributed by atoms with E-state index in [1.807, 2.05) is 0 Å². The van der Waals surface area contributed by atoms with E-state index in [1.54, 1.807) is 13.8 Å². The molecule has 5 nitrogen and oxygen atoms in total. The molecule has 32 heavy (non-hydrogen) atoms. The zero-order valence-electron chi connectivity index (χ0n) is 18.7. The zero-order valence-corrected chi connectivity index (χ0v) is 18.7. The molecule has 1 aromatic rings. The molecule has 0 aromatic heterocycles. The summed E-state index contributed by atoms with van der Waals surface area (Å²) in [6.45, 7) is 5.49. The van der Waals surface area contributed by atoms with E-state index in [9.17, 15) is 22.8 Å². The number of amides is 2. The Kier molecular flexibility index (Phi) is 5.59. The Morgan fingerprint density at radius 2 is 1.66 bits per heavy atom. The molecule has 5 rings (SSSR count). The van der Waals surface area contributed by atoms with Crippen LogP contribution in [0.25, 0.3) is 0 Å². The van der Waals surface area contributed by atoms with Gasteiger partial charge in [0.25, 0.3) is 5.91 Å². The van der Waals surface area contributed by atoms with Gasteiger partial charge >= 0.3 is 6.18 Å². The number of alkyl halides is 3. The van der Waals surface area contributed by atoms with Crippen molar-refractivity contribution in [2.45, 2.75) is 70.9 Å². The third-order valence-corrected chi connectivity index (χ3v) is 8.27. The average molecular weight is 453 g/mol. The van der Waals surface area contributed by atoms with Gasteiger partial charge in [0.05, 0.1) is 17.6 Å². The van der Waals surface area contributed by atoms with Crippen LogP contribution in [0.5, 0.6) is 0 Å². The summed E-state index contributed by atoms with van der Waals surface area (Å²) in [7, 11) is 0. The molecule has 0 aliphatic heterocycles. The van der Waals surface area contributed by atoms with Crippen molar-refractivity contribution >= 4 is 11.8 Å². The summed E-state index contributed by atoms with van der Waals surface area (Å²) in [6.07, 6.45) is -0.973. The van der Waals surface area contributed by atoms with Gasteiger partial charge in [-0.05, 0) is 80.9 Å². The van der Waals surface area contributed by atoms with E-state index in [1.165, 1.54) is 12.1 Å². The van der Waals surface area contributed by atoms with Crippen molar-refractivity contribution in [2.24, 2.45) is 34.8 Å². The molecule has 8 heteroatoms. The number of carbonyl (C=O) groups is 2. The lowest BCUT2D eigenvalue weighted by molar-refractivity contribution is -0.164. The number of nitrogens with two attached hydrogens (primary N) is 1. The lowest BCUT2D eigenvalue weighted by Crippen LogP contribution is -2.66. The smallest absolute Gasteiger partial charge is 0.369 e. The Hall–Kier alpha value is -2.09. The Labute approximate surface area is 186 Å². The first kappa shape index (κ1) is 23.1. The maximum Gasteiger partial charge on any atom is 0.416 e. The van der Waals surface area contributed by atoms with Gasteiger partial charge in [0.2, 0.25) is 5.91 Å². The first-order valence-corrected chi connectivity index (χ1v) is 11.2. The van der Waals surface area contributed by atoms with Gasteiger partial charge < -0.3 is 15.8 Å². The molecule has 4 aliphatic rings. The number of rotatable bonds is 6. The Bertz CT molecular complexity index is 881. The molecule has 4 saturated carbocycles. The molecule has 2 amide bonds. The van der Waals surface area contributed by atoms with Gasteiger partial charge in [0.1, 0.15) is 5.60 Å². The van der Waals surface area contributed by atoms with Crippen molar-refractivity contribution in [3.05, 3.63) is 35.4 Å². The number of nitrogens with one attached hydrogen (secondary N) is 1. The fraction of sp³-hybridized carbons (Fsp3) is 0.667. The van der Waals surface area contributed by atoms with Crippen LogP contribution in [-0.2, 0) is 27.1 Å². The first-order chi connectivity index (χ1) is 14.8. The van der Waals surface area contributed by atoms with Crippen LogP contribution in [0.2, 0.25) is 0 Å². The van der Waals surface area contributed by atoms with E-state index in [0.29, 0.717) is 24.3 Å². The van der Waals surface area contributed by atoms with Gasteiger partial charge in [-0.15, -0.1) is 0 Å². The summed E-state index contributed by atoms with van der Waals surface area (Å²) in [5.74, 6) is 0.749. The van der Waals surface area contributed by atoms with Crippen molar-refractivity contribution in [2.75, 3.05) is 0 Å². The lowest BCUT2D eigenvalue weighted by Gasteiger charge is -2.62. The number of halogens is 3. The highest BCUT2D eigenvalue weighted by molar-refractivity contribution is 5.85. The second-order valence-corrected chi connectivity index (χ2v) is 10.5. The topological polar surface area (TPSA) is 81.4 Å². The molecule has 0 heterocycles. The SMILES string of the molecule is C[C@@H]1C2CC3C[C@]1(C(N)=O)CC(C2)[C@H]3NC(=O)C(C)(C)OCc1ccc(C(F)(F)F)cc1. The molecule has 4 aliphatic carbocycles. The fourth-order valence-corrected chi connectivity index (χ4v) is 6.33. The standard InChI is InChI=1S/C24H31F3N2O3/c1-13-15-8-16-10-23(13,20(28)30)11-17(9-15)19(16)29-21(31)22(2,3)32-12-14-4-6-18(7-5-14)24(25,26)27/h4-7,13,15-17,19H,8-12H2,1-3H3,(H2,28,30)(H,29,31)/t13-,15?,16?,17?,19-,23-/m1/s1. The van der Waals surface area contributed by atoms with Crippen LogP contribution in [0.3, 0.4) is 0 Å². The normalized spacial score (nSPS) is 33.9. The fourth-order valence-electron chi connectivity index (χ4n) is 6.33. The molecule has 4 fully saturated rings. The highest BCUT2D eigenvalue weighted by Gasteiger charge is 2.61. The van der Waals surface area contributed by atoms with E-state index >= 15 is 0 Å². The Morgan fingerprint density at radius 3 is 2.16 bits per heavy atom. The molecule has 176 valence electrons. The van der Waals surface area contributed by atoms with E-state index < -0.39 is 22.8 Å². The van der Waals surface area contributed by atoms with Crippen LogP contribution >= 0.6 is 0 Å². The molecule has 3 atom stereocenters. The highest BCUT2D eigenvalue weighted by Crippen LogP contribution is 2.62. The Balaban J connectivity index is 1.38. The summed E-state index contributed by atoms with van der Waals surface area (Å²) in [6, 6.07) is 4.73. The van der Waals surface area contributed by atoms with Gasteiger partial charge in [-0.3, -0.25) is 9.59 Å². The number of benzene rings is 1. The number of hydrogen-bond acceptors (Lipinski definition) is 3. The second kappa shape index (κ2) is 7.75. The zero-order chi connectivity index (χ0) is 23.5. The molecule has 3 N–H and O–H groups in total. The monoisotopic (exact) mass is 452 g/mol. The summed E-state index contributed by atoms with van der Waals surface area (Å²) in [4.78, 5) is 25.4. The average Bonchev–Trinajstić information content (AvgIpc) is 2.70. The predicted molar refractivity (Wildman–Crippen MR) is 112 cm³/mol. The molecule has 0 saturated heterocycles. The molecule has 0 spiro atoms. The van der Waals surface area contributed by atoms with Crippen LogP contribution in [0, 0.1) is 29.1 Å². The van der Waals surface area contributed by atoms with Gasteiger partial charge in [0, 0.05) is 6.04 Å². The van der Waals surface area contributed by atoms with Crippen molar-refractivity contribution in [3.63, 3.8) is 0 Å². The quantitative estimate of drug-likeness (QED) is 0.684. The molecular weight excluding hydrogens is 421 g/mol. The van der Waals surface area contributed by atoms with Gasteiger partial charge in [0.15, 0.2) is 0 Å². The van der Waals surface area contributed by atoms with Crippen molar-refractivity contribution in [3.8, 4) is 0 Å². The predicted octanol–water partition coefficient (Wildman–Crippen LogP) is 4.04.